The first-order valence-electron chi connectivity index (χ1n) is 9.33. The highest BCUT2D eigenvalue weighted by Crippen LogP contribution is 2.39. The second kappa shape index (κ2) is 8.21. The van der Waals surface area contributed by atoms with Crippen molar-refractivity contribution in [2.45, 2.75) is 19.9 Å². The Bertz CT molecular complexity index is 1380. The van der Waals surface area contributed by atoms with Crippen LogP contribution in [-0.4, -0.2) is 32.3 Å². The van der Waals surface area contributed by atoms with Gasteiger partial charge in [0.15, 0.2) is 5.75 Å². The Kier molecular flexibility index (Phi) is 5.57. The zero-order chi connectivity index (χ0) is 23.2. The first kappa shape index (κ1) is 21.7. The number of benzene rings is 2. The number of carbonyl (C=O) groups is 1. The van der Waals surface area contributed by atoms with Crippen molar-refractivity contribution in [3.63, 3.8) is 0 Å². The summed E-state index contributed by atoms with van der Waals surface area (Å²) in [5.41, 5.74) is 6.92. The molecule has 12 heteroatoms. The third kappa shape index (κ3) is 3.67. The number of rotatable bonds is 6. The molecule has 0 fully saturated rings. The van der Waals surface area contributed by atoms with Crippen LogP contribution in [0.3, 0.4) is 0 Å². The monoisotopic (exact) mass is 477 g/mol. The lowest BCUT2D eigenvalue weighted by molar-refractivity contribution is 0.0985. The molecule has 2 aromatic heterocycles. The first-order valence-corrected chi connectivity index (χ1v) is 10.1. The van der Waals surface area contributed by atoms with E-state index in [1.807, 2.05) is 18.4 Å². The maximum absolute atomic E-state index is 12.0. The largest absolute Gasteiger partial charge is 0.468 e. The number of hydrogen-bond acceptors (Lipinski definition) is 7. The first-order chi connectivity index (χ1) is 15.2. The molecule has 166 valence electrons. The van der Waals surface area contributed by atoms with E-state index >= 15 is 0 Å². The van der Waals surface area contributed by atoms with Gasteiger partial charge in [0.1, 0.15) is 5.75 Å². The minimum Gasteiger partial charge on any atom is -0.468 e. The van der Waals surface area contributed by atoms with Crippen LogP contribution in [0.2, 0.25) is 10.0 Å². The molecule has 0 radical (unpaired) electrons. The predicted octanol–water partition coefficient (Wildman–Crippen LogP) is 3.96. The van der Waals surface area contributed by atoms with Crippen molar-refractivity contribution in [2.75, 3.05) is 7.11 Å². The van der Waals surface area contributed by atoms with Crippen molar-refractivity contribution in [3.05, 3.63) is 56.8 Å². The summed E-state index contributed by atoms with van der Waals surface area (Å²) in [6.45, 7) is 4.02. The number of aromatic nitrogens is 4. The number of carbonyl (C=O) groups excluding carboxylic acids is 1. The third-order valence-electron chi connectivity index (χ3n) is 4.61. The van der Waals surface area contributed by atoms with E-state index in [9.17, 15) is 9.59 Å². The van der Waals surface area contributed by atoms with Crippen LogP contribution in [0.4, 0.5) is 0 Å². The van der Waals surface area contributed by atoms with Crippen LogP contribution in [0.15, 0.2) is 39.6 Å². The van der Waals surface area contributed by atoms with Crippen molar-refractivity contribution in [1.82, 2.24) is 19.3 Å². The summed E-state index contributed by atoms with van der Waals surface area (Å²) >= 11 is 12.8. The predicted molar refractivity (Wildman–Crippen MR) is 117 cm³/mol. The number of nitrogens with zero attached hydrogens (tertiary/aromatic N) is 4. The van der Waals surface area contributed by atoms with Crippen molar-refractivity contribution in [2.24, 2.45) is 5.73 Å². The molecular weight excluding hydrogens is 461 g/mol. The summed E-state index contributed by atoms with van der Waals surface area (Å²) in [4.78, 5) is 28.0. The molecule has 0 atom stereocenters. The molecule has 0 saturated carbocycles. The highest BCUT2D eigenvalue weighted by Gasteiger charge is 2.21. The van der Waals surface area contributed by atoms with Crippen molar-refractivity contribution >= 4 is 40.1 Å². The van der Waals surface area contributed by atoms with Gasteiger partial charge < -0.3 is 15.2 Å². The molecule has 0 aliphatic rings. The van der Waals surface area contributed by atoms with Gasteiger partial charge in [-0.25, -0.2) is 9.36 Å². The third-order valence-corrected chi connectivity index (χ3v) is 5.18. The number of hydrogen-bond donors (Lipinski definition) is 1. The van der Waals surface area contributed by atoms with E-state index in [1.165, 1.54) is 12.1 Å². The van der Waals surface area contributed by atoms with Gasteiger partial charge in [0.2, 0.25) is 5.82 Å². The van der Waals surface area contributed by atoms with Crippen molar-refractivity contribution in [3.8, 4) is 23.2 Å². The molecule has 0 spiro atoms. The van der Waals surface area contributed by atoms with E-state index in [2.05, 4.69) is 14.7 Å². The van der Waals surface area contributed by atoms with E-state index in [0.29, 0.717) is 11.8 Å². The summed E-state index contributed by atoms with van der Waals surface area (Å²) in [7, 11) is 1.56. The second-order valence-corrected chi connectivity index (χ2v) is 7.84. The second-order valence-electron chi connectivity index (χ2n) is 7.03. The average molecular weight is 478 g/mol. The number of halogens is 2. The van der Waals surface area contributed by atoms with Gasteiger partial charge >= 0.3 is 5.76 Å². The lowest BCUT2D eigenvalue weighted by atomic mass is 10.2. The van der Waals surface area contributed by atoms with Crippen LogP contribution in [-0.2, 0) is 0 Å². The van der Waals surface area contributed by atoms with Crippen molar-refractivity contribution < 1.29 is 18.8 Å². The van der Waals surface area contributed by atoms with E-state index in [4.69, 9.17) is 38.4 Å². The molecule has 32 heavy (non-hydrogen) atoms. The highest BCUT2D eigenvalue weighted by molar-refractivity contribution is 6.37. The molecule has 0 saturated heterocycles. The SMILES string of the molecule is COc1nc2ccc(Oc3c(Cl)cc(-n4c(C(N)=O)noc4=O)cc3Cl)cc2n1C(C)C. The zero-order valence-corrected chi connectivity index (χ0v) is 18.6. The Balaban J connectivity index is 1.75. The van der Waals surface area contributed by atoms with E-state index in [-0.39, 0.29) is 27.5 Å². The van der Waals surface area contributed by atoms with Crippen LogP contribution < -0.4 is 21.0 Å². The number of fused-ring (bicyclic) bond motifs is 1. The van der Waals surface area contributed by atoms with Crippen LogP contribution in [0.1, 0.15) is 30.5 Å². The standard InChI is InChI=1S/C20H17Cl2N5O5/c1-9(2)26-15-8-11(4-5-14(15)24-19(26)30-3)31-16-12(21)6-10(7-13(16)22)27-18(17(23)28)25-32-20(27)29/h4-9H,1-3H3,(H2,23,28). The Morgan fingerprint density at radius 1 is 1.19 bits per heavy atom. The van der Waals surface area contributed by atoms with Gasteiger partial charge in [-0.05, 0) is 43.3 Å². The molecule has 0 aliphatic heterocycles. The quantitative estimate of drug-likeness (QED) is 0.444. The maximum Gasteiger partial charge on any atom is 0.446 e. The molecule has 0 bridgehead atoms. The molecule has 2 aromatic carbocycles. The summed E-state index contributed by atoms with van der Waals surface area (Å²) in [5.74, 6) is -1.64. The van der Waals surface area contributed by atoms with Crippen LogP contribution in [0.5, 0.6) is 17.5 Å². The normalized spacial score (nSPS) is 11.3. The lowest BCUT2D eigenvalue weighted by Crippen LogP contribution is -2.22. The highest BCUT2D eigenvalue weighted by atomic mass is 35.5. The number of methoxy groups -OCH3 is 1. The number of imidazole rings is 1. The van der Waals surface area contributed by atoms with Gasteiger partial charge in [-0.3, -0.25) is 13.9 Å². The van der Waals surface area contributed by atoms with Gasteiger partial charge in [0.25, 0.3) is 11.9 Å². The smallest absolute Gasteiger partial charge is 0.446 e. The molecule has 10 nitrogen and oxygen atoms in total. The molecule has 4 rings (SSSR count). The molecule has 4 aromatic rings. The van der Waals surface area contributed by atoms with E-state index in [0.717, 1.165) is 15.6 Å². The number of primary amides is 1. The summed E-state index contributed by atoms with van der Waals surface area (Å²) < 4.78 is 18.6. The van der Waals surface area contributed by atoms with Gasteiger partial charge in [-0.2, -0.15) is 4.98 Å². The molecular formula is C20H17Cl2N5O5. The number of ether oxygens (including phenoxy) is 2. The van der Waals surface area contributed by atoms with Gasteiger partial charge in [0, 0.05) is 12.1 Å². The topological polar surface area (TPSA) is 127 Å². The Hall–Kier alpha value is -3.50. The zero-order valence-electron chi connectivity index (χ0n) is 17.1. The number of nitrogens with two attached hydrogens (primary N) is 1. The van der Waals surface area contributed by atoms with Crippen LogP contribution in [0, 0.1) is 0 Å². The Morgan fingerprint density at radius 3 is 2.47 bits per heavy atom. The van der Waals surface area contributed by atoms with Gasteiger partial charge in [-0.15, -0.1) is 0 Å². The van der Waals surface area contributed by atoms with Crippen molar-refractivity contribution in [1.29, 1.82) is 0 Å². The minimum absolute atomic E-state index is 0.0889. The molecule has 2 N–H and O–H groups in total. The van der Waals surface area contributed by atoms with E-state index in [1.54, 1.807) is 25.3 Å². The fourth-order valence-corrected chi connectivity index (χ4v) is 3.83. The maximum atomic E-state index is 12.0. The molecule has 2 heterocycles. The fourth-order valence-electron chi connectivity index (χ4n) is 3.28. The molecule has 1 amide bonds. The summed E-state index contributed by atoms with van der Waals surface area (Å²) in [5, 5.41) is 3.54. The van der Waals surface area contributed by atoms with Gasteiger partial charge in [-0.1, -0.05) is 23.2 Å². The molecule has 0 unspecified atom stereocenters. The summed E-state index contributed by atoms with van der Waals surface area (Å²) in [6, 6.07) is 8.64. The van der Waals surface area contributed by atoms with Crippen LogP contribution in [0.25, 0.3) is 16.7 Å². The minimum atomic E-state index is -0.950. The number of amides is 1. The lowest BCUT2D eigenvalue weighted by Gasteiger charge is -2.14. The van der Waals surface area contributed by atoms with Gasteiger partial charge in [0.05, 0.1) is 33.9 Å². The Labute approximate surface area is 191 Å². The van der Waals surface area contributed by atoms with E-state index < -0.39 is 17.5 Å². The average Bonchev–Trinajstić information content (AvgIpc) is 3.30. The Morgan fingerprint density at radius 2 is 1.88 bits per heavy atom. The van der Waals surface area contributed by atoms with Crippen LogP contribution >= 0.6 is 23.2 Å². The summed E-state index contributed by atoms with van der Waals surface area (Å²) in [6.07, 6.45) is 0. The fraction of sp³-hybridized carbons (Fsp3) is 0.200. The molecule has 0 aliphatic carbocycles.